The van der Waals surface area contributed by atoms with Crippen molar-refractivity contribution in [2.75, 3.05) is 13.1 Å². The van der Waals surface area contributed by atoms with Crippen LogP contribution in [0.1, 0.15) is 36.8 Å². The van der Waals surface area contributed by atoms with Crippen molar-refractivity contribution in [3.63, 3.8) is 0 Å². The van der Waals surface area contributed by atoms with Crippen molar-refractivity contribution in [3.05, 3.63) is 83.9 Å². The van der Waals surface area contributed by atoms with Gasteiger partial charge in [0.2, 0.25) is 5.91 Å². The van der Waals surface area contributed by atoms with Crippen LogP contribution in [0.25, 0.3) is 11.1 Å². The molecular formula is C24H25NO. The molecule has 2 aromatic rings. The molecule has 0 fully saturated rings. The minimum absolute atomic E-state index is 0.127. The Morgan fingerprint density at radius 1 is 1.08 bits per heavy atom. The van der Waals surface area contributed by atoms with Crippen molar-refractivity contribution < 1.29 is 4.79 Å². The van der Waals surface area contributed by atoms with E-state index in [1.54, 1.807) is 0 Å². The molecule has 1 amide bonds. The number of hydrogen-bond donors (Lipinski definition) is 0. The number of carbonyl (C=O) groups excluding carboxylic acids is 1. The molecule has 132 valence electrons. The van der Waals surface area contributed by atoms with Crippen molar-refractivity contribution >= 4 is 17.1 Å². The third-order valence-electron chi connectivity index (χ3n) is 5.53. The molecule has 0 aromatic heterocycles. The fourth-order valence-corrected chi connectivity index (χ4v) is 4.05. The summed E-state index contributed by atoms with van der Waals surface area (Å²) in [5.74, 6) is 0.455. The molecule has 0 N–H and O–H groups in total. The zero-order valence-electron chi connectivity index (χ0n) is 15.1. The number of carbonyl (C=O) groups is 1. The Kier molecular flexibility index (Phi) is 5.01. The van der Waals surface area contributed by atoms with Gasteiger partial charge in [-0.1, -0.05) is 72.8 Å². The molecular weight excluding hydrogens is 330 g/mol. The first kappa shape index (κ1) is 16.8. The van der Waals surface area contributed by atoms with Gasteiger partial charge in [0.1, 0.15) is 0 Å². The maximum absolute atomic E-state index is 13.0. The van der Waals surface area contributed by atoms with E-state index in [0.29, 0.717) is 5.91 Å². The average Bonchev–Trinajstić information content (AvgIpc) is 2.75. The predicted octanol–water partition coefficient (Wildman–Crippen LogP) is 5.19. The Morgan fingerprint density at radius 3 is 2.62 bits per heavy atom. The van der Waals surface area contributed by atoms with E-state index in [1.807, 2.05) is 17.0 Å². The number of rotatable bonds is 3. The highest BCUT2D eigenvalue weighted by atomic mass is 16.2. The third-order valence-corrected chi connectivity index (χ3v) is 5.53. The zero-order chi connectivity index (χ0) is 17.8. The first-order valence-electron chi connectivity index (χ1n) is 9.59. The van der Waals surface area contributed by atoms with Crippen LogP contribution >= 0.6 is 0 Å². The van der Waals surface area contributed by atoms with Crippen LogP contribution in [-0.2, 0) is 4.79 Å². The fraction of sp³-hybridized carbons (Fsp3) is 0.292. The summed E-state index contributed by atoms with van der Waals surface area (Å²) in [6.07, 6.45) is 8.33. The summed E-state index contributed by atoms with van der Waals surface area (Å²) >= 11 is 0. The molecule has 0 saturated heterocycles. The van der Waals surface area contributed by atoms with Gasteiger partial charge in [-0.05, 0) is 48.0 Å². The average molecular weight is 355 g/mol. The van der Waals surface area contributed by atoms with Crippen molar-refractivity contribution in [1.82, 2.24) is 4.90 Å². The van der Waals surface area contributed by atoms with Crippen LogP contribution in [0.15, 0.2) is 72.8 Å². The second kappa shape index (κ2) is 7.74. The van der Waals surface area contributed by atoms with E-state index < -0.39 is 0 Å². The highest BCUT2D eigenvalue weighted by Gasteiger charge is 2.28. The van der Waals surface area contributed by atoms with Gasteiger partial charge in [0.15, 0.2) is 0 Å². The molecule has 0 bridgehead atoms. The van der Waals surface area contributed by atoms with Crippen LogP contribution in [0.3, 0.4) is 0 Å². The van der Waals surface area contributed by atoms with Crippen LogP contribution in [0.5, 0.6) is 0 Å². The summed E-state index contributed by atoms with van der Waals surface area (Å²) in [5, 5.41) is 0. The molecule has 1 aliphatic carbocycles. The first-order valence-corrected chi connectivity index (χ1v) is 9.59. The number of amides is 1. The second-order valence-electron chi connectivity index (χ2n) is 7.20. The van der Waals surface area contributed by atoms with Gasteiger partial charge in [-0.2, -0.15) is 0 Å². The van der Waals surface area contributed by atoms with E-state index in [9.17, 15) is 4.79 Å². The SMILES string of the molecule is O=C([C@@H]1CCC=C(c2ccccc2)C1)N1CC=C([14c]2[14cH][14cH][14cH][14cH][14cH]2)CC1. The minimum atomic E-state index is 0.127. The van der Waals surface area contributed by atoms with Gasteiger partial charge >= 0.3 is 0 Å². The van der Waals surface area contributed by atoms with Gasteiger partial charge in [0.05, 0.1) is 0 Å². The topological polar surface area (TPSA) is 20.3 Å². The van der Waals surface area contributed by atoms with Gasteiger partial charge in [-0.3, -0.25) is 4.79 Å². The fourth-order valence-electron chi connectivity index (χ4n) is 4.05. The van der Waals surface area contributed by atoms with E-state index in [1.165, 1.54) is 22.3 Å². The molecule has 4 rings (SSSR count). The largest absolute Gasteiger partial charge is 0.338 e. The minimum Gasteiger partial charge on any atom is -0.338 e. The number of benzene rings is 2. The van der Waals surface area contributed by atoms with Crippen LogP contribution in [-0.4, -0.2) is 23.9 Å². The summed E-state index contributed by atoms with van der Waals surface area (Å²) in [4.78, 5) is 15.1. The standard InChI is InChI=1S/C24H25NO/c26-24(23-13-7-12-22(18-23)20-10-5-2-6-11-20)25-16-14-21(15-17-25)19-8-3-1-4-9-19/h1-6,8-12,14,23H,7,13,15-18H2/t23-/m1/s1/i1+2,3+2,4+2,8+2,9+2,19+2. The van der Waals surface area contributed by atoms with Gasteiger partial charge in [-0.25, -0.2) is 0 Å². The molecule has 1 aliphatic heterocycles. The first-order chi connectivity index (χ1) is 12.8. The molecule has 1 atom stereocenters. The van der Waals surface area contributed by atoms with Gasteiger partial charge in [0.25, 0.3) is 0 Å². The molecule has 2 aliphatic rings. The molecule has 0 radical (unpaired) electrons. The maximum Gasteiger partial charge on any atom is 0.226 e. The van der Waals surface area contributed by atoms with Crippen LogP contribution in [0.2, 0.25) is 0 Å². The second-order valence-corrected chi connectivity index (χ2v) is 7.20. The van der Waals surface area contributed by atoms with Crippen LogP contribution in [0, 0.1) is 5.92 Å². The Balaban J connectivity index is 1.41. The summed E-state index contributed by atoms with van der Waals surface area (Å²) < 4.78 is 0. The van der Waals surface area contributed by atoms with E-state index in [2.05, 4.69) is 60.7 Å². The molecule has 26 heavy (non-hydrogen) atoms. The highest BCUT2D eigenvalue weighted by molar-refractivity contribution is 5.83. The Bertz CT molecular complexity index is 820. The third kappa shape index (κ3) is 3.65. The van der Waals surface area contributed by atoms with Crippen molar-refractivity contribution in [1.29, 1.82) is 0 Å². The Labute approximate surface area is 155 Å². The predicted molar refractivity (Wildman–Crippen MR) is 107 cm³/mol. The van der Waals surface area contributed by atoms with Crippen molar-refractivity contribution in [2.45, 2.75) is 25.7 Å². The zero-order valence-corrected chi connectivity index (χ0v) is 15.1. The molecule has 2 nitrogen and oxygen atoms in total. The number of hydrogen-bond acceptors (Lipinski definition) is 1. The molecule has 2 heteroatoms. The Morgan fingerprint density at radius 2 is 1.88 bits per heavy atom. The van der Waals surface area contributed by atoms with Crippen molar-refractivity contribution in [2.24, 2.45) is 5.92 Å². The van der Waals surface area contributed by atoms with E-state index in [0.717, 1.165) is 38.8 Å². The van der Waals surface area contributed by atoms with E-state index >= 15 is 0 Å². The maximum atomic E-state index is 13.0. The molecule has 0 saturated carbocycles. The van der Waals surface area contributed by atoms with Gasteiger partial charge in [0, 0.05) is 19.0 Å². The van der Waals surface area contributed by atoms with Gasteiger partial charge in [-0.15, -0.1) is 0 Å². The number of allylic oxidation sites excluding steroid dienone is 2. The summed E-state index contributed by atoms with van der Waals surface area (Å²) in [5.41, 5.74) is 5.23. The normalized spacial score (nSPS) is 20.3. The van der Waals surface area contributed by atoms with E-state index in [4.69, 9.17) is 0 Å². The Hall–Kier alpha value is -2.61. The molecule has 0 spiro atoms. The summed E-state index contributed by atoms with van der Waals surface area (Å²) in [7, 11) is 0. The molecule has 1 heterocycles. The van der Waals surface area contributed by atoms with Crippen LogP contribution in [0.4, 0.5) is 0 Å². The lowest BCUT2D eigenvalue weighted by Crippen LogP contribution is -2.39. The number of nitrogens with zero attached hydrogens (tertiary/aromatic N) is 1. The van der Waals surface area contributed by atoms with Crippen LogP contribution < -0.4 is 0 Å². The molecule has 2 aromatic carbocycles. The quantitative estimate of drug-likeness (QED) is 0.742. The lowest BCUT2D eigenvalue weighted by molar-refractivity contribution is -0.135. The monoisotopic (exact) mass is 355 g/mol. The lowest BCUT2D eigenvalue weighted by atomic mass is 9.84. The summed E-state index contributed by atoms with van der Waals surface area (Å²) in [6.45, 7) is 1.57. The highest BCUT2D eigenvalue weighted by Crippen LogP contribution is 2.33. The van der Waals surface area contributed by atoms with Gasteiger partial charge < -0.3 is 4.90 Å². The van der Waals surface area contributed by atoms with Crippen molar-refractivity contribution in [3.8, 4) is 0 Å². The van der Waals surface area contributed by atoms with E-state index in [-0.39, 0.29) is 5.92 Å². The molecule has 0 unspecified atom stereocenters. The smallest absolute Gasteiger partial charge is 0.226 e. The summed E-state index contributed by atoms with van der Waals surface area (Å²) in [6, 6.07) is 21.0. The lowest BCUT2D eigenvalue weighted by Gasteiger charge is -2.32.